The van der Waals surface area contributed by atoms with Gasteiger partial charge in [-0.15, -0.1) is 36.2 Å². The number of rotatable bonds is 7. The molecule has 0 atom stereocenters. The van der Waals surface area contributed by atoms with Crippen LogP contribution in [0.3, 0.4) is 0 Å². The van der Waals surface area contributed by atoms with Gasteiger partial charge in [0.1, 0.15) is 0 Å². The first-order valence-electron chi connectivity index (χ1n) is 9.27. The summed E-state index contributed by atoms with van der Waals surface area (Å²) in [4.78, 5) is 16.8. The van der Waals surface area contributed by atoms with Gasteiger partial charge in [0, 0.05) is 36.4 Å². The topological polar surface area (TPSA) is 68.0 Å². The van der Waals surface area contributed by atoms with Crippen molar-refractivity contribution < 1.29 is 4.79 Å². The summed E-state index contributed by atoms with van der Waals surface area (Å²) in [5, 5.41) is 6.34. The number of halogens is 2. The van der Waals surface area contributed by atoms with Crippen molar-refractivity contribution in [3.05, 3.63) is 45.9 Å². The van der Waals surface area contributed by atoms with E-state index >= 15 is 0 Å². The fraction of sp³-hybridized carbons (Fsp3) is 0.500. The number of anilines is 1. The molecule has 150 valence electrons. The van der Waals surface area contributed by atoms with Crippen LogP contribution in [0.2, 0.25) is 0 Å². The Hall–Kier alpha value is -1.30. The van der Waals surface area contributed by atoms with Gasteiger partial charge in [-0.1, -0.05) is 37.5 Å². The predicted octanol–water partition coefficient (Wildman–Crippen LogP) is 4.91. The van der Waals surface area contributed by atoms with E-state index in [0.29, 0.717) is 25.3 Å². The van der Waals surface area contributed by atoms with Gasteiger partial charge in [-0.2, -0.15) is 0 Å². The number of carbonyl (C=O) groups is 1. The van der Waals surface area contributed by atoms with E-state index in [2.05, 4.69) is 10.7 Å². The predicted molar refractivity (Wildman–Crippen MR) is 118 cm³/mol. The normalized spacial score (nSPS) is 14.1. The van der Waals surface area contributed by atoms with E-state index in [1.807, 2.05) is 24.3 Å². The van der Waals surface area contributed by atoms with E-state index in [0.717, 1.165) is 22.7 Å². The van der Waals surface area contributed by atoms with Crippen LogP contribution in [0.4, 0.5) is 5.69 Å². The van der Waals surface area contributed by atoms with E-state index < -0.39 is 0 Å². The van der Waals surface area contributed by atoms with Crippen molar-refractivity contribution in [3.8, 4) is 0 Å². The van der Waals surface area contributed by atoms with Gasteiger partial charge >= 0.3 is 0 Å². The number of hydrogen-bond donors (Lipinski definition) is 2. The summed E-state index contributed by atoms with van der Waals surface area (Å²) in [5.41, 5.74) is 8.97. The summed E-state index contributed by atoms with van der Waals surface area (Å²) in [6.07, 6.45) is 8.57. The quantitative estimate of drug-likeness (QED) is 0.614. The molecule has 1 fully saturated rings. The Morgan fingerprint density at radius 1 is 1.15 bits per heavy atom. The highest BCUT2D eigenvalue weighted by atomic mass is 35.5. The second kappa shape index (κ2) is 12.2. The lowest BCUT2D eigenvalue weighted by molar-refractivity contribution is -0.121. The minimum absolute atomic E-state index is 0. The van der Waals surface area contributed by atoms with Gasteiger partial charge in [-0.3, -0.25) is 4.79 Å². The zero-order chi connectivity index (χ0) is 17.5. The Labute approximate surface area is 178 Å². The molecule has 1 saturated carbocycles. The molecule has 1 heterocycles. The Bertz CT molecular complexity index is 702. The molecule has 1 aliphatic carbocycles. The van der Waals surface area contributed by atoms with Crippen LogP contribution >= 0.6 is 36.2 Å². The molecule has 0 radical (unpaired) electrons. The SMILES string of the molecule is Cl.Cl.Nc1ccccc1CCC(=O)NCCc1nc(C2CCCCC2)cs1. The molecule has 4 nitrogen and oxygen atoms in total. The number of nitrogens with one attached hydrogen (secondary N) is 1. The fourth-order valence-electron chi connectivity index (χ4n) is 3.43. The molecule has 7 heteroatoms. The molecule has 0 saturated heterocycles. The fourth-order valence-corrected chi connectivity index (χ4v) is 4.31. The highest BCUT2D eigenvalue weighted by molar-refractivity contribution is 7.09. The van der Waals surface area contributed by atoms with Crippen molar-refractivity contribution in [3.63, 3.8) is 0 Å². The van der Waals surface area contributed by atoms with Gasteiger partial charge in [-0.25, -0.2) is 4.98 Å². The monoisotopic (exact) mass is 429 g/mol. The Morgan fingerprint density at radius 3 is 2.63 bits per heavy atom. The summed E-state index contributed by atoms with van der Waals surface area (Å²) in [7, 11) is 0. The van der Waals surface area contributed by atoms with Crippen LogP contribution < -0.4 is 11.1 Å². The first-order chi connectivity index (χ1) is 12.2. The molecule has 0 bridgehead atoms. The number of aryl methyl sites for hydroxylation is 1. The Morgan fingerprint density at radius 2 is 1.89 bits per heavy atom. The number of carbonyl (C=O) groups excluding carboxylic acids is 1. The zero-order valence-electron chi connectivity index (χ0n) is 15.5. The maximum absolute atomic E-state index is 12.0. The van der Waals surface area contributed by atoms with E-state index in [-0.39, 0.29) is 30.7 Å². The molecule has 27 heavy (non-hydrogen) atoms. The average molecular weight is 430 g/mol. The second-order valence-corrected chi connectivity index (χ2v) is 7.74. The molecule has 0 unspecified atom stereocenters. The lowest BCUT2D eigenvalue weighted by atomic mass is 9.87. The van der Waals surface area contributed by atoms with E-state index in [1.165, 1.54) is 37.8 Å². The Kier molecular flexibility index (Phi) is 10.7. The molecule has 3 rings (SSSR count). The van der Waals surface area contributed by atoms with Crippen molar-refractivity contribution >= 4 is 47.7 Å². The van der Waals surface area contributed by atoms with Gasteiger partial charge in [0.15, 0.2) is 0 Å². The summed E-state index contributed by atoms with van der Waals surface area (Å²) < 4.78 is 0. The van der Waals surface area contributed by atoms with Crippen molar-refractivity contribution in [1.29, 1.82) is 0 Å². The number of nitrogens with zero attached hydrogens (tertiary/aromatic N) is 1. The van der Waals surface area contributed by atoms with E-state index in [4.69, 9.17) is 10.7 Å². The van der Waals surface area contributed by atoms with Gasteiger partial charge < -0.3 is 11.1 Å². The summed E-state index contributed by atoms with van der Waals surface area (Å²) in [5.74, 6) is 0.733. The number of para-hydroxylation sites is 1. The van der Waals surface area contributed by atoms with E-state index in [1.54, 1.807) is 11.3 Å². The molecule has 3 N–H and O–H groups in total. The van der Waals surface area contributed by atoms with Crippen LogP contribution in [-0.4, -0.2) is 17.4 Å². The number of hydrogen-bond acceptors (Lipinski definition) is 4. The third-order valence-corrected chi connectivity index (χ3v) is 5.86. The van der Waals surface area contributed by atoms with Crippen molar-refractivity contribution in [1.82, 2.24) is 10.3 Å². The maximum Gasteiger partial charge on any atom is 0.220 e. The van der Waals surface area contributed by atoms with Gasteiger partial charge in [0.05, 0.1) is 10.7 Å². The minimum Gasteiger partial charge on any atom is -0.399 e. The first-order valence-corrected chi connectivity index (χ1v) is 10.1. The standard InChI is InChI=1S/C20H27N3OS.2ClH/c21-17-9-5-4-6-15(17)10-11-19(24)22-13-12-20-23-18(14-25-20)16-7-2-1-3-8-16;;/h4-6,9,14,16H,1-3,7-8,10-13,21H2,(H,22,24);2*1H. The van der Waals surface area contributed by atoms with Crippen LogP contribution in [0, 0.1) is 0 Å². The van der Waals surface area contributed by atoms with Crippen molar-refractivity contribution in [2.45, 2.75) is 57.3 Å². The average Bonchev–Trinajstić information content (AvgIpc) is 3.11. The molecular weight excluding hydrogens is 401 g/mol. The van der Waals surface area contributed by atoms with Crippen LogP contribution in [-0.2, 0) is 17.6 Å². The third-order valence-electron chi connectivity index (χ3n) is 4.93. The van der Waals surface area contributed by atoms with Crippen LogP contribution in [0.25, 0.3) is 0 Å². The molecule has 1 aromatic heterocycles. The summed E-state index contributed by atoms with van der Waals surface area (Å²) >= 11 is 1.73. The first kappa shape index (κ1) is 23.7. The number of nitrogen functional groups attached to an aromatic ring is 1. The number of amides is 1. The largest absolute Gasteiger partial charge is 0.399 e. The molecule has 1 aliphatic rings. The highest BCUT2D eigenvalue weighted by Gasteiger charge is 2.18. The number of aromatic nitrogens is 1. The van der Waals surface area contributed by atoms with Crippen LogP contribution in [0.1, 0.15) is 60.7 Å². The number of nitrogens with two attached hydrogens (primary N) is 1. The van der Waals surface area contributed by atoms with Crippen molar-refractivity contribution in [2.75, 3.05) is 12.3 Å². The van der Waals surface area contributed by atoms with Gasteiger partial charge in [0.2, 0.25) is 5.91 Å². The smallest absolute Gasteiger partial charge is 0.220 e. The number of thiazole rings is 1. The summed E-state index contributed by atoms with van der Waals surface area (Å²) in [6, 6.07) is 7.72. The van der Waals surface area contributed by atoms with Gasteiger partial charge in [-0.05, 0) is 30.9 Å². The molecule has 0 spiro atoms. The molecule has 2 aromatic rings. The van der Waals surface area contributed by atoms with Crippen LogP contribution in [0.15, 0.2) is 29.6 Å². The summed E-state index contributed by atoms with van der Waals surface area (Å²) in [6.45, 7) is 0.653. The number of benzene rings is 1. The molecule has 1 aromatic carbocycles. The minimum atomic E-state index is 0. The highest BCUT2D eigenvalue weighted by Crippen LogP contribution is 2.33. The van der Waals surface area contributed by atoms with Gasteiger partial charge in [0.25, 0.3) is 0 Å². The second-order valence-electron chi connectivity index (χ2n) is 6.80. The van der Waals surface area contributed by atoms with Crippen LogP contribution in [0.5, 0.6) is 0 Å². The zero-order valence-corrected chi connectivity index (χ0v) is 17.9. The molecule has 1 amide bonds. The van der Waals surface area contributed by atoms with Crippen molar-refractivity contribution in [2.24, 2.45) is 0 Å². The Balaban J connectivity index is 0.00000182. The lowest BCUT2D eigenvalue weighted by Gasteiger charge is -2.19. The third kappa shape index (κ3) is 7.32. The maximum atomic E-state index is 12.0. The van der Waals surface area contributed by atoms with E-state index in [9.17, 15) is 4.79 Å². The molecular formula is C20H29Cl2N3OS. The lowest BCUT2D eigenvalue weighted by Crippen LogP contribution is -2.26. The molecule has 0 aliphatic heterocycles.